The Labute approximate surface area is 136 Å². The summed E-state index contributed by atoms with van der Waals surface area (Å²) in [4.78, 5) is 13.8. The van der Waals surface area contributed by atoms with E-state index in [9.17, 15) is 13.2 Å². The van der Waals surface area contributed by atoms with Gasteiger partial charge in [0.1, 0.15) is 0 Å². The van der Waals surface area contributed by atoms with Crippen molar-refractivity contribution in [3.63, 3.8) is 0 Å². The lowest BCUT2D eigenvalue weighted by atomic mass is 10.2. The number of likely N-dealkylation sites (N-methyl/N-ethyl adjacent to an activating group) is 1. The predicted octanol–water partition coefficient (Wildman–Crippen LogP) is 0.134. The molecule has 0 radical (unpaired) electrons. The number of nitrogens with one attached hydrogen (secondary N) is 1. The normalized spacial score (nSPS) is 19.0. The average Bonchev–Trinajstić information content (AvgIpc) is 2.92. The van der Waals surface area contributed by atoms with Gasteiger partial charge in [0.2, 0.25) is 15.9 Å². The lowest BCUT2D eigenvalue weighted by Crippen LogP contribution is -2.41. The number of fused-ring (bicyclic) bond motifs is 1. The summed E-state index contributed by atoms with van der Waals surface area (Å²) in [5.74, 6) is -0.102. The Kier molecular flexibility index (Phi) is 4.67. The van der Waals surface area contributed by atoms with E-state index in [1.165, 1.54) is 4.31 Å². The van der Waals surface area contributed by atoms with Crippen LogP contribution in [-0.4, -0.2) is 70.0 Å². The molecule has 2 aliphatic heterocycles. The summed E-state index contributed by atoms with van der Waals surface area (Å²) in [5, 5.41) is 2.71. The number of rotatable bonds is 5. The maximum atomic E-state index is 12.7. The van der Waals surface area contributed by atoms with Crippen LogP contribution in [-0.2, 0) is 26.0 Å². The molecule has 1 saturated heterocycles. The zero-order valence-electron chi connectivity index (χ0n) is 13.1. The van der Waals surface area contributed by atoms with Crippen LogP contribution in [0.15, 0.2) is 23.1 Å². The highest BCUT2D eigenvalue weighted by molar-refractivity contribution is 7.89. The fourth-order valence-corrected chi connectivity index (χ4v) is 3.99. The largest absolute Gasteiger partial charge is 0.379 e. The number of carbonyl (C=O) groups excluding carboxylic acids is 1. The Bertz CT molecular complexity index is 699. The van der Waals surface area contributed by atoms with Gasteiger partial charge in [0.15, 0.2) is 0 Å². The zero-order valence-corrected chi connectivity index (χ0v) is 13.9. The van der Waals surface area contributed by atoms with E-state index >= 15 is 0 Å². The summed E-state index contributed by atoms with van der Waals surface area (Å²) in [6.07, 6.45) is 0.232. The van der Waals surface area contributed by atoms with Crippen LogP contribution in [0.5, 0.6) is 0 Å². The van der Waals surface area contributed by atoms with E-state index < -0.39 is 10.0 Å². The van der Waals surface area contributed by atoms with Gasteiger partial charge in [-0.2, -0.15) is 4.31 Å². The van der Waals surface area contributed by atoms with Gasteiger partial charge in [0, 0.05) is 38.9 Å². The predicted molar refractivity (Wildman–Crippen MR) is 85.9 cm³/mol. The fraction of sp³-hybridized carbons (Fsp3) is 0.533. The first-order chi connectivity index (χ1) is 11.0. The molecule has 1 amide bonds. The number of morpholine rings is 1. The van der Waals surface area contributed by atoms with Crippen LogP contribution in [0.3, 0.4) is 0 Å². The smallest absolute Gasteiger partial charge is 0.242 e. The molecule has 1 fully saturated rings. The van der Waals surface area contributed by atoms with Crippen LogP contribution in [0.25, 0.3) is 0 Å². The topological polar surface area (TPSA) is 79.0 Å². The van der Waals surface area contributed by atoms with Crippen molar-refractivity contribution in [2.24, 2.45) is 0 Å². The van der Waals surface area contributed by atoms with Crippen LogP contribution in [0.4, 0.5) is 5.69 Å². The molecular weight excluding hydrogens is 318 g/mol. The second-order valence-electron chi connectivity index (χ2n) is 5.82. The zero-order chi connectivity index (χ0) is 16.4. The van der Waals surface area contributed by atoms with Crippen molar-refractivity contribution in [1.82, 2.24) is 9.21 Å². The van der Waals surface area contributed by atoms with E-state index in [-0.39, 0.29) is 17.2 Å². The molecule has 23 heavy (non-hydrogen) atoms. The van der Waals surface area contributed by atoms with E-state index in [2.05, 4.69) is 10.2 Å². The van der Waals surface area contributed by atoms with Crippen LogP contribution in [0, 0.1) is 0 Å². The minimum atomic E-state index is -3.54. The standard InChI is InChI=1S/C15H21N3O4S/c1-17(4-5-18-6-8-22-9-7-18)23(20,21)13-2-3-14-12(10-13)11-15(19)16-14/h2-3,10H,4-9,11H2,1H3,(H,16,19). The lowest BCUT2D eigenvalue weighted by molar-refractivity contribution is -0.115. The molecular formula is C15H21N3O4S. The van der Waals surface area contributed by atoms with Gasteiger partial charge in [0.25, 0.3) is 0 Å². The van der Waals surface area contributed by atoms with Crippen LogP contribution in [0.2, 0.25) is 0 Å². The number of hydrogen-bond donors (Lipinski definition) is 1. The van der Waals surface area contributed by atoms with E-state index in [1.54, 1.807) is 25.2 Å². The Morgan fingerprint density at radius 3 is 2.78 bits per heavy atom. The number of hydrogen-bond acceptors (Lipinski definition) is 5. The van der Waals surface area contributed by atoms with E-state index in [1.807, 2.05) is 0 Å². The quantitative estimate of drug-likeness (QED) is 0.825. The molecule has 0 spiro atoms. The first-order valence-electron chi connectivity index (χ1n) is 7.66. The molecule has 0 saturated carbocycles. The summed E-state index contributed by atoms with van der Waals surface area (Å²) in [5.41, 5.74) is 1.43. The van der Waals surface area contributed by atoms with Crippen LogP contribution >= 0.6 is 0 Å². The molecule has 0 aliphatic carbocycles. The van der Waals surface area contributed by atoms with Crippen molar-refractivity contribution in [3.05, 3.63) is 23.8 Å². The van der Waals surface area contributed by atoms with Crippen molar-refractivity contribution < 1.29 is 17.9 Å². The molecule has 8 heteroatoms. The first-order valence-corrected chi connectivity index (χ1v) is 9.10. The second kappa shape index (κ2) is 6.56. The molecule has 126 valence electrons. The van der Waals surface area contributed by atoms with Crippen LogP contribution < -0.4 is 5.32 Å². The van der Waals surface area contributed by atoms with E-state index in [4.69, 9.17) is 4.74 Å². The number of amides is 1. The Morgan fingerprint density at radius 2 is 2.04 bits per heavy atom. The second-order valence-corrected chi connectivity index (χ2v) is 7.87. The van der Waals surface area contributed by atoms with Crippen molar-refractivity contribution in [1.29, 1.82) is 0 Å². The number of carbonyl (C=O) groups is 1. The van der Waals surface area contributed by atoms with E-state index in [0.717, 1.165) is 18.7 Å². The fourth-order valence-electron chi connectivity index (χ4n) is 2.77. The summed E-state index contributed by atoms with van der Waals surface area (Å²) >= 11 is 0. The number of benzene rings is 1. The first kappa shape index (κ1) is 16.4. The minimum Gasteiger partial charge on any atom is -0.379 e. The van der Waals surface area contributed by atoms with Gasteiger partial charge in [-0.1, -0.05) is 0 Å². The summed E-state index contributed by atoms with van der Waals surface area (Å²) in [7, 11) is -1.95. The van der Waals surface area contributed by atoms with Crippen molar-refractivity contribution >= 4 is 21.6 Å². The molecule has 0 aromatic heterocycles. The molecule has 3 rings (SSSR count). The van der Waals surface area contributed by atoms with Gasteiger partial charge < -0.3 is 10.1 Å². The van der Waals surface area contributed by atoms with Gasteiger partial charge in [-0.15, -0.1) is 0 Å². The summed E-state index contributed by atoms with van der Waals surface area (Å²) < 4.78 is 32.0. The van der Waals surface area contributed by atoms with Crippen molar-refractivity contribution in [3.8, 4) is 0 Å². The molecule has 7 nitrogen and oxygen atoms in total. The van der Waals surface area contributed by atoms with Crippen molar-refractivity contribution in [2.45, 2.75) is 11.3 Å². The number of anilines is 1. The maximum Gasteiger partial charge on any atom is 0.242 e. The molecule has 1 N–H and O–H groups in total. The average molecular weight is 339 g/mol. The molecule has 0 bridgehead atoms. The highest BCUT2D eigenvalue weighted by atomic mass is 32.2. The highest BCUT2D eigenvalue weighted by Crippen LogP contribution is 2.26. The summed E-state index contributed by atoms with van der Waals surface area (Å²) in [6.45, 7) is 4.17. The molecule has 2 aliphatic rings. The van der Waals surface area contributed by atoms with Gasteiger partial charge in [-0.05, 0) is 23.8 Å². The Balaban J connectivity index is 1.68. The maximum absolute atomic E-state index is 12.7. The molecule has 0 atom stereocenters. The van der Waals surface area contributed by atoms with Gasteiger partial charge in [0.05, 0.1) is 24.5 Å². The van der Waals surface area contributed by atoms with Gasteiger partial charge >= 0.3 is 0 Å². The van der Waals surface area contributed by atoms with Gasteiger partial charge in [-0.3, -0.25) is 9.69 Å². The molecule has 1 aromatic carbocycles. The number of nitrogens with zero attached hydrogens (tertiary/aromatic N) is 2. The lowest BCUT2D eigenvalue weighted by Gasteiger charge is -2.28. The Morgan fingerprint density at radius 1 is 1.30 bits per heavy atom. The van der Waals surface area contributed by atoms with Crippen molar-refractivity contribution in [2.75, 3.05) is 51.8 Å². The van der Waals surface area contributed by atoms with E-state index in [0.29, 0.717) is 32.0 Å². The minimum absolute atomic E-state index is 0.102. The number of ether oxygens (including phenoxy) is 1. The third-order valence-electron chi connectivity index (χ3n) is 4.24. The third kappa shape index (κ3) is 3.55. The molecule has 1 aromatic rings. The highest BCUT2D eigenvalue weighted by Gasteiger charge is 2.25. The van der Waals surface area contributed by atoms with Crippen LogP contribution in [0.1, 0.15) is 5.56 Å². The van der Waals surface area contributed by atoms with Gasteiger partial charge in [-0.25, -0.2) is 8.42 Å². The third-order valence-corrected chi connectivity index (χ3v) is 6.10. The Hall–Kier alpha value is -1.48. The molecule has 2 heterocycles. The monoisotopic (exact) mass is 339 g/mol. The molecule has 0 unspecified atom stereocenters. The SMILES string of the molecule is CN(CCN1CCOCC1)S(=O)(=O)c1ccc2c(c1)CC(=O)N2. The number of sulfonamides is 1. The summed E-state index contributed by atoms with van der Waals surface area (Å²) in [6, 6.07) is 4.79.